The quantitative estimate of drug-likeness (QED) is 0.602. The van der Waals surface area contributed by atoms with Crippen LogP contribution in [0.4, 0.5) is 0 Å². The van der Waals surface area contributed by atoms with Gasteiger partial charge in [0.25, 0.3) is 0 Å². The first kappa shape index (κ1) is 14.0. The number of nitrogens with zero attached hydrogens (tertiary/aromatic N) is 2. The number of alkyl halides is 2. The molecular formula is C11H12Br2N2S. The Hall–Kier alpha value is -0.0500. The van der Waals surface area contributed by atoms with E-state index in [1.54, 1.807) is 11.8 Å². The van der Waals surface area contributed by atoms with Crippen LogP contribution in [0.25, 0.3) is 0 Å². The van der Waals surface area contributed by atoms with E-state index in [0.717, 1.165) is 27.4 Å². The number of pyridine rings is 1. The van der Waals surface area contributed by atoms with Gasteiger partial charge in [0.2, 0.25) is 0 Å². The first-order valence-electron chi connectivity index (χ1n) is 4.79. The maximum Gasteiger partial charge on any atom is 0.114 e. The molecule has 0 radical (unpaired) electrons. The summed E-state index contributed by atoms with van der Waals surface area (Å²) in [6, 6.07) is 4.17. The Morgan fingerprint density at radius 3 is 2.81 bits per heavy atom. The third-order valence-corrected chi connectivity index (χ3v) is 5.86. The largest absolute Gasteiger partial charge is 0.245 e. The molecule has 5 heteroatoms. The van der Waals surface area contributed by atoms with Gasteiger partial charge in [-0.2, -0.15) is 5.26 Å². The van der Waals surface area contributed by atoms with Gasteiger partial charge in [0.05, 0.1) is 5.56 Å². The number of hydrogen-bond acceptors (Lipinski definition) is 3. The highest BCUT2D eigenvalue weighted by Crippen LogP contribution is 2.25. The Bertz CT molecular complexity index is 415. The summed E-state index contributed by atoms with van der Waals surface area (Å²) in [6.45, 7) is 3.90. The predicted molar refractivity (Wildman–Crippen MR) is 75.7 cm³/mol. The first-order chi connectivity index (χ1) is 7.58. The molecule has 1 aromatic heterocycles. The Balaban J connectivity index is 2.91. The van der Waals surface area contributed by atoms with Gasteiger partial charge in [-0.25, -0.2) is 4.98 Å². The topological polar surface area (TPSA) is 36.7 Å². The number of hydrogen-bond donors (Lipinski definition) is 0. The van der Waals surface area contributed by atoms with E-state index in [1.807, 2.05) is 19.9 Å². The van der Waals surface area contributed by atoms with Gasteiger partial charge < -0.3 is 0 Å². The minimum atomic E-state index is 0.395. The molecular weight excluding hydrogens is 352 g/mol. The Kier molecular flexibility index (Phi) is 5.81. The smallest absolute Gasteiger partial charge is 0.114 e. The summed E-state index contributed by atoms with van der Waals surface area (Å²) in [5.74, 6) is 0.899. The first-order valence-corrected chi connectivity index (χ1v) is 7.82. The van der Waals surface area contributed by atoms with Crippen LogP contribution in [0.1, 0.15) is 16.8 Å². The van der Waals surface area contributed by atoms with Crippen LogP contribution in [-0.4, -0.2) is 20.9 Å². The molecule has 0 aromatic carbocycles. The van der Waals surface area contributed by atoms with Gasteiger partial charge in [-0.3, -0.25) is 0 Å². The summed E-state index contributed by atoms with van der Waals surface area (Å²) in [4.78, 5) is 4.81. The summed E-state index contributed by atoms with van der Waals surface area (Å²) < 4.78 is 0. The molecule has 1 atom stereocenters. The standard InChI is InChI=1S/C11H12Br2N2S/c1-7-3-8(2)15-11(10(7)5-14)16-6-9(13)4-12/h3,9H,4,6H2,1-2H3/t9-/m1/s1. The lowest BCUT2D eigenvalue weighted by atomic mass is 10.1. The molecule has 86 valence electrons. The molecule has 0 aliphatic heterocycles. The molecule has 0 saturated heterocycles. The van der Waals surface area contributed by atoms with E-state index in [9.17, 15) is 0 Å². The second-order valence-electron chi connectivity index (χ2n) is 3.44. The van der Waals surface area contributed by atoms with E-state index in [2.05, 4.69) is 42.9 Å². The van der Waals surface area contributed by atoms with E-state index >= 15 is 0 Å². The lowest BCUT2D eigenvalue weighted by Gasteiger charge is -2.09. The molecule has 0 bridgehead atoms. The zero-order valence-electron chi connectivity index (χ0n) is 9.13. The van der Waals surface area contributed by atoms with Crippen LogP contribution in [0.5, 0.6) is 0 Å². The molecule has 0 amide bonds. The molecule has 0 fully saturated rings. The van der Waals surface area contributed by atoms with E-state index in [0.29, 0.717) is 10.4 Å². The maximum atomic E-state index is 9.09. The van der Waals surface area contributed by atoms with Gasteiger partial charge in [-0.05, 0) is 25.5 Å². The molecule has 0 aliphatic rings. The number of aromatic nitrogens is 1. The summed E-state index contributed by atoms with van der Waals surface area (Å²) in [5, 5.41) is 10.8. The van der Waals surface area contributed by atoms with E-state index in [1.165, 1.54) is 0 Å². The summed E-state index contributed by atoms with van der Waals surface area (Å²) >= 11 is 8.57. The fourth-order valence-corrected chi connectivity index (χ4v) is 3.20. The zero-order valence-corrected chi connectivity index (χ0v) is 13.1. The second-order valence-corrected chi connectivity index (χ2v) is 6.39. The van der Waals surface area contributed by atoms with E-state index < -0.39 is 0 Å². The van der Waals surface area contributed by atoms with Crippen molar-refractivity contribution in [3.05, 3.63) is 22.9 Å². The van der Waals surface area contributed by atoms with Crippen molar-refractivity contribution in [2.24, 2.45) is 0 Å². The molecule has 0 unspecified atom stereocenters. The van der Waals surface area contributed by atoms with Crippen molar-refractivity contribution < 1.29 is 0 Å². The number of thioether (sulfide) groups is 1. The van der Waals surface area contributed by atoms with Crippen LogP contribution >= 0.6 is 43.6 Å². The lowest BCUT2D eigenvalue weighted by molar-refractivity contribution is 1.02. The third kappa shape index (κ3) is 3.76. The zero-order chi connectivity index (χ0) is 12.1. The summed E-state index contributed by atoms with van der Waals surface area (Å²) in [7, 11) is 0. The highest BCUT2D eigenvalue weighted by Gasteiger charge is 2.11. The number of aryl methyl sites for hydroxylation is 2. The van der Waals surface area contributed by atoms with Crippen LogP contribution in [0, 0.1) is 25.2 Å². The fraction of sp³-hybridized carbons (Fsp3) is 0.455. The van der Waals surface area contributed by atoms with Gasteiger partial charge in [-0.15, -0.1) is 11.8 Å². The van der Waals surface area contributed by atoms with E-state index in [4.69, 9.17) is 5.26 Å². The molecule has 16 heavy (non-hydrogen) atoms. The monoisotopic (exact) mass is 362 g/mol. The van der Waals surface area contributed by atoms with Crippen molar-refractivity contribution in [1.29, 1.82) is 5.26 Å². The molecule has 0 saturated carbocycles. The highest BCUT2D eigenvalue weighted by atomic mass is 79.9. The van der Waals surface area contributed by atoms with Gasteiger partial charge >= 0.3 is 0 Å². The summed E-state index contributed by atoms with van der Waals surface area (Å²) in [5.41, 5.74) is 2.66. The lowest BCUT2D eigenvalue weighted by Crippen LogP contribution is -2.04. The van der Waals surface area contributed by atoms with Crippen LogP contribution in [0.15, 0.2) is 11.1 Å². The fourth-order valence-electron chi connectivity index (χ4n) is 1.26. The van der Waals surface area contributed by atoms with Gasteiger partial charge in [-0.1, -0.05) is 31.9 Å². The minimum Gasteiger partial charge on any atom is -0.245 e. The molecule has 2 nitrogen and oxygen atoms in total. The van der Waals surface area contributed by atoms with Gasteiger partial charge in [0.1, 0.15) is 11.1 Å². The second kappa shape index (κ2) is 6.63. The molecule has 0 spiro atoms. The average molecular weight is 364 g/mol. The SMILES string of the molecule is Cc1cc(C)c(C#N)c(SC[C@H](Br)CBr)n1. The number of halogens is 2. The van der Waals surface area contributed by atoms with Crippen molar-refractivity contribution >= 4 is 43.6 Å². The van der Waals surface area contributed by atoms with Crippen LogP contribution in [0.3, 0.4) is 0 Å². The molecule has 0 aliphatic carbocycles. The molecule has 1 heterocycles. The Morgan fingerprint density at radius 1 is 1.56 bits per heavy atom. The van der Waals surface area contributed by atoms with Crippen LogP contribution in [0.2, 0.25) is 0 Å². The normalized spacial score (nSPS) is 12.2. The van der Waals surface area contributed by atoms with Crippen molar-refractivity contribution in [2.45, 2.75) is 23.7 Å². The van der Waals surface area contributed by atoms with Crippen molar-refractivity contribution in [1.82, 2.24) is 4.98 Å². The summed E-state index contributed by atoms with van der Waals surface area (Å²) in [6.07, 6.45) is 0. The predicted octanol–water partition coefficient (Wildman–Crippen LogP) is 3.82. The Labute approximate surface area is 117 Å². The van der Waals surface area contributed by atoms with Gasteiger partial charge in [0, 0.05) is 21.6 Å². The van der Waals surface area contributed by atoms with E-state index in [-0.39, 0.29) is 0 Å². The maximum absolute atomic E-state index is 9.09. The van der Waals surface area contributed by atoms with Gasteiger partial charge in [0.15, 0.2) is 0 Å². The Morgan fingerprint density at radius 2 is 2.25 bits per heavy atom. The third-order valence-electron chi connectivity index (χ3n) is 1.99. The minimum absolute atomic E-state index is 0.395. The number of nitriles is 1. The van der Waals surface area contributed by atoms with Crippen molar-refractivity contribution in [3.8, 4) is 6.07 Å². The highest BCUT2D eigenvalue weighted by molar-refractivity contribution is 9.12. The van der Waals surface area contributed by atoms with Crippen LogP contribution < -0.4 is 0 Å². The van der Waals surface area contributed by atoms with Crippen molar-refractivity contribution in [2.75, 3.05) is 11.1 Å². The molecule has 1 rings (SSSR count). The molecule has 1 aromatic rings. The number of rotatable bonds is 4. The van der Waals surface area contributed by atoms with Crippen LogP contribution in [-0.2, 0) is 0 Å². The molecule has 0 N–H and O–H groups in total. The van der Waals surface area contributed by atoms with Crippen molar-refractivity contribution in [3.63, 3.8) is 0 Å². The average Bonchev–Trinajstić information content (AvgIpc) is 2.25.